The van der Waals surface area contributed by atoms with Crippen molar-refractivity contribution in [1.29, 1.82) is 0 Å². The summed E-state index contributed by atoms with van der Waals surface area (Å²) in [5.74, 6) is -0.386. The van der Waals surface area contributed by atoms with Crippen LogP contribution in [-0.2, 0) is 24.8 Å². The molecule has 2 aromatic rings. The van der Waals surface area contributed by atoms with Crippen LogP contribution in [0.15, 0.2) is 35.4 Å². The lowest BCUT2D eigenvalue weighted by atomic mass is 10.0. The van der Waals surface area contributed by atoms with Crippen molar-refractivity contribution in [2.45, 2.75) is 31.8 Å². The van der Waals surface area contributed by atoms with Gasteiger partial charge >= 0.3 is 5.69 Å². The van der Waals surface area contributed by atoms with Crippen LogP contribution in [0.5, 0.6) is 0 Å². The summed E-state index contributed by atoms with van der Waals surface area (Å²) in [7, 11) is 1.60. The zero-order chi connectivity index (χ0) is 16.4. The topological polar surface area (TPSA) is 60.1 Å². The van der Waals surface area contributed by atoms with Crippen molar-refractivity contribution in [1.82, 2.24) is 19.2 Å². The largest absolute Gasteiger partial charge is 0.345 e. The predicted octanol–water partition coefficient (Wildman–Crippen LogP) is 0.955. The molecule has 0 radical (unpaired) electrons. The normalized spacial score (nSPS) is 17.7. The Morgan fingerprint density at radius 3 is 2.96 bits per heavy atom. The molecule has 122 valence electrons. The molecule has 1 aliphatic heterocycles. The van der Waals surface area contributed by atoms with E-state index in [0.29, 0.717) is 13.0 Å². The van der Waals surface area contributed by atoms with Gasteiger partial charge in [-0.1, -0.05) is 12.1 Å². The van der Waals surface area contributed by atoms with Crippen LogP contribution in [0.4, 0.5) is 4.39 Å². The summed E-state index contributed by atoms with van der Waals surface area (Å²) in [5.41, 5.74) is 0.573. The van der Waals surface area contributed by atoms with Crippen molar-refractivity contribution < 1.29 is 9.18 Å². The van der Waals surface area contributed by atoms with E-state index >= 15 is 0 Å². The Kier molecular flexibility index (Phi) is 4.27. The highest BCUT2D eigenvalue weighted by atomic mass is 19.1. The van der Waals surface area contributed by atoms with Gasteiger partial charge in [-0.25, -0.2) is 13.9 Å². The predicted molar refractivity (Wildman–Crippen MR) is 82.3 cm³/mol. The maximum atomic E-state index is 13.3. The third-order valence-electron chi connectivity index (χ3n) is 4.23. The fourth-order valence-electron chi connectivity index (χ4n) is 3.06. The molecule has 1 unspecified atom stereocenters. The van der Waals surface area contributed by atoms with Gasteiger partial charge in [0.05, 0.1) is 0 Å². The van der Waals surface area contributed by atoms with Gasteiger partial charge in [-0.15, -0.1) is 0 Å². The molecule has 0 aliphatic carbocycles. The average Bonchev–Trinajstić information content (AvgIpc) is 3.09. The Balaban J connectivity index is 1.69. The van der Waals surface area contributed by atoms with E-state index < -0.39 is 0 Å². The van der Waals surface area contributed by atoms with Crippen molar-refractivity contribution in [2.75, 3.05) is 6.54 Å². The van der Waals surface area contributed by atoms with Gasteiger partial charge in [0.15, 0.2) is 0 Å². The number of amides is 1. The summed E-state index contributed by atoms with van der Waals surface area (Å²) in [5, 5.41) is 3.92. The van der Waals surface area contributed by atoms with Crippen LogP contribution in [0.1, 0.15) is 18.4 Å². The molecule has 2 heterocycles. The second kappa shape index (κ2) is 6.36. The molecule has 23 heavy (non-hydrogen) atoms. The molecule has 0 bridgehead atoms. The van der Waals surface area contributed by atoms with Crippen LogP contribution >= 0.6 is 0 Å². The van der Waals surface area contributed by atoms with Gasteiger partial charge in [-0.05, 0) is 37.0 Å². The maximum Gasteiger partial charge on any atom is 0.345 e. The van der Waals surface area contributed by atoms with Crippen molar-refractivity contribution in [3.8, 4) is 0 Å². The summed E-state index contributed by atoms with van der Waals surface area (Å²) < 4.78 is 15.8. The summed E-state index contributed by atoms with van der Waals surface area (Å²) in [6.07, 6.45) is 3.83. The molecular formula is C16H19FN4O2. The standard InChI is InChI=1S/C16H19FN4O2/c1-19-11-18-21(16(19)23)10-15(22)20-7-3-6-14(20)9-12-4-2-5-13(17)8-12/h2,4-5,8,11,14H,3,6-7,9-10H2,1H3. The molecule has 1 amide bonds. The molecule has 6 nitrogen and oxygen atoms in total. The minimum absolute atomic E-state index is 0.0451. The third kappa shape index (κ3) is 3.33. The van der Waals surface area contributed by atoms with Crippen LogP contribution in [0, 0.1) is 5.82 Å². The zero-order valence-corrected chi connectivity index (χ0v) is 13.0. The number of carbonyl (C=O) groups excluding carboxylic acids is 1. The number of aryl methyl sites for hydroxylation is 1. The molecule has 1 aromatic carbocycles. The first kappa shape index (κ1) is 15.5. The van der Waals surface area contributed by atoms with Crippen LogP contribution in [-0.4, -0.2) is 37.7 Å². The number of aromatic nitrogens is 3. The highest BCUT2D eigenvalue weighted by molar-refractivity contribution is 5.76. The van der Waals surface area contributed by atoms with E-state index in [-0.39, 0.29) is 30.0 Å². The first-order chi connectivity index (χ1) is 11.0. The minimum atomic E-state index is -0.306. The van der Waals surface area contributed by atoms with E-state index in [9.17, 15) is 14.0 Å². The van der Waals surface area contributed by atoms with Gasteiger partial charge in [-0.3, -0.25) is 9.36 Å². The molecule has 1 fully saturated rings. The fourth-order valence-corrected chi connectivity index (χ4v) is 3.06. The zero-order valence-electron chi connectivity index (χ0n) is 13.0. The fraction of sp³-hybridized carbons (Fsp3) is 0.438. The van der Waals surface area contributed by atoms with E-state index in [1.807, 2.05) is 6.07 Å². The number of likely N-dealkylation sites (tertiary alicyclic amines) is 1. The van der Waals surface area contributed by atoms with Gasteiger partial charge in [0, 0.05) is 19.6 Å². The van der Waals surface area contributed by atoms with Crippen molar-refractivity contribution in [3.05, 3.63) is 52.5 Å². The number of hydrogen-bond acceptors (Lipinski definition) is 3. The van der Waals surface area contributed by atoms with Gasteiger partial charge < -0.3 is 4.90 Å². The highest BCUT2D eigenvalue weighted by Gasteiger charge is 2.29. The van der Waals surface area contributed by atoms with Crippen LogP contribution < -0.4 is 5.69 Å². The molecule has 0 saturated carbocycles. The minimum Gasteiger partial charge on any atom is -0.338 e. The number of carbonyl (C=O) groups is 1. The lowest BCUT2D eigenvalue weighted by Gasteiger charge is -2.24. The quantitative estimate of drug-likeness (QED) is 0.843. The SMILES string of the molecule is Cn1cnn(CC(=O)N2CCCC2Cc2cccc(F)c2)c1=O. The lowest BCUT2D eigenvalue weighted by molar-refractivity contribution is -0.132. The van der Waals surface area contributed by atoms with E-state index in [1.165, 1.54) is 27.7 Å². The Morgan fingerprint density at radius 2 is 2.26 bits per heavy atom. The molecule has 3 rings (SSSR count). The maximum absolute atomic E-state index is 13.3. The monoisotopic (exact) mass is 318 g/mol. The molecule has 1 atom stereocenters. The lowest BCUT2D eigenvalue weighted by Crippen LogP contribution is -2.40. The molecule has 1 aliphatic rings. The number of rotatable bonds is 4. The van der Waals surface area contributed by atoms with Crippen molar-refractivity contribution in [2.24, 2.45) is 7.05 Å². The molecule has 1 aromatic heterocycles. The summed E-state index contributed by atoms with van der Waals surface area (Å²) in [6, 6.07) is 6.51. The number of benzene rings is 1. The Labute approximate surface area is 133 Å². The van der Waals surface area contributed by atoms with E-state index in [2.05, 4.69) is 5.10 Å². The van der Waals surface area contributed by atoms with Crippen LogP contribution in [0.3, 0.4) is 0 Å². The number of halogens is 1. The number of hydrogen-bond donors (Lipinski definition) is 0. The first-order valence-electron chi connectivity index (χ1n) is 7.67. The number of nitrogens with zero attached hydrogens (tertiary/aromatic N) is 4. The van der Waals surface area contributed by atoms with Gasteiger partial charge in [0.1, 0.15) is 18.7 Å². The summed E-state index contributed by atoms with van der Waals surface area (Å²) in [6.45, 7) is 0.611. The van der Waals surface area contributed by atoms with E-state index in [1.54, 1.807) is 18.0 Å². The smallest absolute Gasteiger partial charge is 0.338 e. The summed E-state index contributed by atoms with van der Waals surface area (Å²) >= 11 is 0. The Bertz CT molecular complexity index is 767. The van der Waals surface area contributed by atoms with E-state index in [0.717, 1.165) is 18.4 Å². The van der Waals surface area contributed by atoms with E-state index in [4.69, 9.17) is 0 Å². The summed E-state index contributed by atoms with van der Waals surface area (Å²) in [4.78, 5) is 26.1. The first-order valence-corrected chi connectivity index (χ1v) is 7.67. The van der Waals surface area contributed by atoms with Gasteiger partial charge in [0.2, 0.25) is 5.91 Å². The molecule has 0 spiro atoms. The van der Waals surface area contributed by atoms with Gasteiger partial charge in [-0.2, -0.15) is 5.10 Å². The molecule has 7 heteroatoms. The third-order valence-corrected chi connectivity index (χ3v) is 4.23. The molecular weight excluding hydrogens is 299 g/mol. The highest BCUT2D eigenvalue weighted by Crippen LogP contribution is 2.22. The van der Waals surface area contributed by atoms with Crippen LogP contribution in [0.2, 0.25) is 0 Å². The molecule has 1 saturated heterocycles. The second-order valence-electron chi connectivity index (χ2n) is 5.90. The molecule has 0 N–H and O–H groups in total. The van der Waals surface area contributed by atoms with Crippen LogP contribution in [0.25, 0.3) is 0 Å². The van der Waals surface area contributed by atoms with Crippen molar-refractivity contribution in [3.63, 3.8) is 0 Å². The second-order valence-corrected chi connectivity index (χ2v) is 5.90. The average molecular weight is 318 g/mol. The Morgan fingerprint density at radius 1 is 1.43 bits per heavy atom. The van der Waals surface area contributed by atoms with Gasteiger partial charge in [0.25, 0.3) is 0 Å². The van der Waals surface area contributed by atoms with Crippen molar-refractivity contribution >= 4 is 5.91 Å². The Hall–Kier alpha value is -2.44.